The van der Waals surface area contributed by atoms with Crippen molar-refractivity contribution in [1.29, 1.82) is 0 Å². The van der Waals surface area contributed by atoms with E-state index in [0.717, 1.165) is 16.5 Å². The summed E-state index contributed by atoms with van der Waals surface area (Å²) < 4.78 is 0. The van der Waals surface area contributed by atoms with Crippen molar-refractivity contribution in [3.05, 3.63) is 78.4 Å². The number of carbonyl (C=O) groups is 2. The highest BCUT2D eigenvalue weighted by molar-refractivity contribution is 6.04. The van der Waals surface area contributed by atoms with Gasteiger partial charge in [-0.15, -0.1) is 0 Å². The van der Waals surface area contributed by atoms with Gasteiger partial charge in [-0.25, -0.2) is 0 Å². The van der Waals surface area contributed by atoms with Gasteiger partial charge in [-0.3, -0.25) is 9.59 Å². The monoisotopic (exact) mass is 358 g/mol. The van der Waals surface area contributed by atoms with Crippen LogP contribution < -0.4 is 5.32 Å². The Balaban J connectivity index is 1.59. The molecule has 0 radical (unpaired) electrons. The second-order valence-electron chi connectivity index (χ2n) is 7.05. The van der Waals surface area contributed by atoms with E-state index in [-0.39, 0.29) is 17.7 Å². The number of fused-ring (bicyclic) bond motifs is 1. The van der Waals surface area contributed by atoms with Gasteiger partial charge in [0, 0.05) is 30.5 Å². The molecule has 136 valence electrons. The highest BCUT2D eigenvalue weighted by atomic mass is 16.2. The van der Waals surface area contributed by atoms with E-state index < -0.39 is 6.04 Å². The highest BCUT2D eigenvalue weighted by Gasteiger charge is 2.38. The van der Waals surface area contributed by atoms with Crippen molar-refractivity contribution in [3.63, 3.8) is 0 Å². The number of anilines is 1. The van der Waals surface area contributed by atoms with Gasteiger partial charge in [0.1, 0.15) is 6.04 Å². The van der Waals surface area contributed by atoms with E-state index in [1.54, 1.807) is 4.90 Å². The lowest BCUT2D eigenvalue weighted by molar-refractivity contribution is -0.134. The van der Waals surface area contributed by atoms with Crippen LogP contribution in [0.2, 0.25) is 0 Å². The SMILES string of the molecule is CC(=O)N1C[C@@H](c2ccccc2)C[C@@H]1C(=O)Nc1cccc2ccccc12. The van der Waals surface area contributed by atoms with Crippen LogP contribution in [0.3, 0.4) is 0 Å². The Morgan fingerprint density at radius 1 is 0.926 bits per heavy atom. The van der Waals surface area contributed by atoms with Crippen LogP contribution in [0, 0.1) is 0 Å². The van der Waals surface area contributed by atoms with Gasteiger partial charge < -0.3 is 10.2 Å². The number of rotatable bonds is 3. The molecule has 1 N–H and O–H groups in total. The number of hydrogen-bond donors (Lipinski definition) is 1. The first-order chi connectivity index (χ1) is 13.1. The molecule has 3 aromatic carbocycles. The minimum atomic E-state index is -0.452. The van der Waals surface area contributed by atoms with Gasteiger partial charge in [0.2, 0.25) is 11.8 Å². The summed E-state index contributed by atoms with van der Waals surface area (Å²) in [4.78, 5) is 26.9. The van der Waals surface area contributed by atoms with Gasteiger partial charge in [-0.2, -0.15) is 0 Å². The summed E-state index contributed by atoms with van der Waals surface area (Å²) in [5.41, 5.74) is 1.95. The van der Waals surface area contributed by atoms with Gasteiger partial charge in [0.15, 0.2) is 0 Å². The van der Waals surface area contributed by atoms with Gasteiger partial charge in [0.05, 0.1) is 0 Å². The van der Waals surface area contributed by atoms with Crippen LogP contribution in [-0.2, 0) is 9.59 Å². The maximum absolute atomic E-state index is 13.0. The summed E-state index contributed by atoms with van der Waals surface area (Å²) in [6, 6.07) is 23.5. The number of nitrogens with one attached hydrogen (secondary N) is 1. The second-order valence-corrected chi connectivity index (χ2v) is 7.05. The molecule has 0 bridgehead atoms. The maximum Gasteiger partial charge on any atom is 0.247 e. The normalized spacial score (nSPS) is 19.2. The fourth-order valence-corrected chi connectivity index (χ4v) is 3.95. The van der Waals surface area contributed by atoms with Gasteiger partial charge in [0.25, 0.3) is 0 Å². The Kier molecular flexibility index (Phi) is 4.63. The molecule has 2 atom stereocenters. The Hall–Kier alpha value is -3.14. The van der Waals surface area contributed by atoms with Crippen LogP contribution in [0.1, 0.15) is 24.8 Å². The zero-order valence-corrected chi connectivity index (χ0v) is 15.3. The summed E-state index contributed by atoms with van der Waals surface area (Å²) in [7, 11) is 0. The lowest BCUT2D eigenvalue weighted by Crippen LogP contribution is -2.42. The fourth-order valence-electron chi connectivity index (χ4n) is 3.95. The molecule has 0 aromatic heterocycles. The molecule has 1 aliphatic rings. The molecular formula is C23H22N2O2. The van der Waals surface area contributed by atoms with E-state index in [1.807, 2.05) is 60.7 Å². The van der Waals surface area contributed by atoms with Crippen LogP contribution in [0.25, 0.3) is 10.8 Å². The molecule has 0 spiro atoms. The highest BCUT2D eigenvalue weighted by Crippen LogP contribution is 2.33. The molecular weight excluding hydrogens is 336 g/mol. The van der Waals surface area contributed by atoms with E-state index in [2.05, 4.69) is 17.4 Å². The molecule has 4 heteroatoms. The predicted octanol–water partition coefficient (Wildman–Crippen LogP) is 4.18. The van der Waals surface area contributed by atoms with Gasteiger partial charge >= 0.3 is 0 Å². The third kappa shape index (κ3) is 3.43. The molecule has 27 heavy (non-hydrogen) atoms. The first-order valence-corrected chi connectivity index (χ1v) is 9.24. The van der Waals surface area contributed by atoms with Crippen molar-refractivity contribution in [2.45, 2.75) is 25.3 Å². The largest absolute Gasteiger partial charge is 0.330 e. The Bertz CT molecular complexity index is 979. The number of benzene rings is 3. The van der Waals surface area contributed by atoms with E-state index >= 15 is 0 Å². The van der Waals surface area contributed by atoms with Gasteiger partial charge in [-0.1, -0.05) is 66.7 Å². The Labute approximate surface area is 158 Å². The molecule has 0 saturated carbocycles. The second kappa shape index (κ2) is 7.23. The molecule has 1 aliphatic heterocycles. The van der Waals surface area contributed by atoms with E-state index in [1.165, 1.54) is 12.5 Å². The zero-order chi connectivity index (χ0) is 18.8. The van der Waals surface area contributed by atoms with E-state index in [9.17, 15) is 9.59 Å². The Morgan fingerprint density at radius 2 is 1.63 bits per heavy atom. The quantitative estimate of drug-likeness (QED) is 0.763. The zero-order valence-electron chi connectivity index (χ0n) is 15.3. The van der Waals surface area contributed by atoms with E-state index in [0.29, 0.717) is 13.0 Å². The van der Waals surface area contributed by atoms with Crippen molar-refractivity contribution < 1.29 is 9.59 Å². The number of likely N-dealkylation sites (tertiary alicyclic amines) is 1. The minimum absolute atomic E-state index is 0.0634. The smallest absolute Gasteiger partial charge is 0.247 e. The van der Waals surface area contributed by atoms with Crippen LogP contribution in [0.5, 0.6) is 0 Å². The van der Waals surface area contributed by atoms with Gasteiger partial charge in [-0.05, 0) is 23.4 Å². The summed E-state index contributed by atoms with van der Waals surface area (Å²) in [5, 5.41) is 5.13. The molecule has 1 heterocycles. The van der Waals surface area contributed by atoms with Crippen molar-refractivity contribution in [3.8, 4) is 0 Å². The Morgan fingerprint density at radius 3 is 2.41 bits per heavy atom. The summed E-state index contributed by atoms with van der Waals surface area (Å²) >= 11 is 0. The topological polar surface area (TPSA) is 49.4 Å². The van der Waals surface area contributed by atoms with E-state index in [4.69, 9.17) is 0 Å². The molecule has 1 fully saturated rings. The van der Waals surface area contributed by atoms with Crippen molar-refractivity contribution in [2.24, 2.45) is 0 Å². The van der Waals surface area contributed by atoms with Crippen molar-refractivity contribution >= 4 is 28.3 Å². The standard InChI is InChI=1S/C23H22N2O2/c1-16(26)25-15-19(17-8-3-2-4-9-17)14-22(25)23(27)24-21-13-7-11-18-10-5-6-12-20(18)21/h2-13,19,22H,14-15H2,1H3,(H,24,27)/t19-,22+/m0/s1. The average Bonchev–Trinajstić information content (AvgIpc) is 3.15. The molecule has 0 aliphatic carbocycles. The number of carbonyl (C=O) groups excluding carboxylic acids is 2. The average molecular weight is 358 g/mol. The van der Waals surface area contributed by atoms with Crippen LogP contribution in [0.15, 0.2) is 72.8 Å². The number of nitrogens with zero attached hydrogens (tertiary/aromatic N) is 1. The molecule has 2 amide bonds. The summed E-state index contributed by atoms with van der Waals surface area (Å²) in [6.07, 6.45) is 0.639. The minimum Gasteiger partial charge on any atom is -0.330 e. The maximum atomic E-state index is 13.0. The number of amides is 2. The molecule has 0 unspecified atom stereocenters. The number of hydrogen-bond acceptors (Lipinski definition) is 2. The summed E-state index contributed by atoms with van der Waals surface area (Å²) in [6.45, 7) is 2.11. The molecule has 4 rings (SSSR count). The molecule has 1 saturated heterocycles. The van der Waals surface area contributed by atoms with Crippen LogP contribution in [0.4, 0.5) is 5.69 Å². The predicted molar refractivity (Wildman–Crippen MR) is 108 cm³/mol. The lowest BCUT2D eigenvalue weighted by atomic mass is 9.96. The van der Waals surface area contributed by atoms with Crippen LogP contribution >= 0.6 is 0 Å². The first kappa shape index (κ1) is 17.3. The first-order valence-electron chi connectivity index (χ1n) is 9.24. The fraction of sp³-hybridized carbons (Fsp3) is 0.217. The molecule has 3 aromatic rings. The van der Waals surface area contributed by atoms with Crippen molar-refractivity contribution in [2.75, 3.05) is 11.9 Å². The van der Waals surface area contributed by atoms with Crippen molar-refractivity contribution in [1.82, 2.24) is 4.90 Å². The third-order valence-corrected chi connectivity index (χ3v) is 5.33. The van der Waals surface area contributed by atoms with Crippen LogP contribution in [-0.4, -0.2) is 29.3 Å². The third-order valence-electron chi connectivity index (χ3n) is 5.33. The summed E-state index contributed by atoms with van der Waals surface area (Å²) in [5.74, 6) is -0.00940. The lowest BCUT2D eigenvalue weighted by Gasteiger charge is -2.22. The molecule has 4 nitrogen and oxygen atoms in total.